The number of cyclic esters (lactones) is 1. The molecule has 0 bridgehead atoms. The molecule has 6 heteroatoms. The molecule has 2 atom stereocenters. The topological polar surface area (TPSA) is 61.8 Å². The number of esters is 1. The second-order valence-corrected chi connectivity index (χ2v) is 6.30. The van der Waals surface area contributed by atoms with E-state index in [0.717, 1.165) is 6.42 Å². The van der Waals surface area contributed by atoms with E-state index in [1.54, 1.807) is 19.9 Å². The van der Waals surface area contributed by atoms with Gasteiger partial charge in [-0.05, 0) is 38.7 Å². The van der Waals surface area contributed by atoms with Crippen molar-refractivity contribution < 1.29 is 23.1 Å². The lowest BCUT2D eigenvalue weighted by atomic mass is 9.87. The Bertz CT molecular complexity index is 380. The van der Waals surface area contributed by atoms with Crippen LogP contribution in [0.4, 0.5) is 0 Å². The van der Waals surface area contributed by atoms with Crippen molar-refractivity contribution in [3.63, 3.8) is 0 Å². The second-order valence-electron chi connectivity index (χ2n) is 4.35. The maximum Gasteiger partial charge on any atom is 0.396 e. The number of carbonyl (C=O) groups is 1. The maximum atomic E-state index is 12.6. The molecule has 110 valence electrons. The van der Waals surface area contributed by atoms with E-state index >= 15 is 0 Å². The van der Waals surface area contributed by atoms with Gasteiger partial charge in [-0.15, -0.1) is 0 Å². The zero-order valence-electron chi connectivity index (χ0n) is 12.0. The summed E-state index contributed by atoms with van der Waals surface area (Å²) in [4.78, 5) is 12.0. The van der Waals surface area contributed by atoms with Crippen LogP contribution in [0.5, 0.6) is 0 Å². The summed E-state index contributed by atoms with van der Waals surface area (Å²) >= 11 is 0. The van der Waals surface area contributed by atoms with Crippen LogP contribution in [0.3, 0.4) is 0 Å². The molecule has 0 saturated heterocycles. The SMILES string of the molecule is CCOP(=O)(OCC)C1=C[C@H](CC)[C@@H](CC)C(=O)O1. The first kappa shape index (κ1) is 16.4. The van der Waals surface area contributed by atoms with Gasteiger partial charge < -0.3 is 13.8 Å². The average Bonchev–Trinajstić information content (AvgIpc) is 2.38. The van der Waals surface area contributed by atoms with Crippen molar-refractivity contribution in [2.24, 2.45) is 11.8 Å². The molecule has 5 nitrogen and oxygen atoms in total. The second kappa shape index (κ2) is 7.22. The standard InChI is InChI=1S/C13H23O5P/c1-5-10-9-12(18-13(14)11(10)6-2)19(15,16-7-3)17-8-4/h9-11H,5-8H2,1-4H3/t10-,11+/m0/s1. The van der Waals surface area contributed by atoms with E-state index in [0.29, 0.717) is 6.42 Å². The Labute approximate surface area is 114 Å². The monoisotopic (exact) mass is 290 g/mol. The molecule has 0 aromatic carbocycles. The van der Waals surface area contributed by atoms with Gasteiger partial charge in [0.2, 0.25) is 5.50 Å². The highest BCUT2D eigenvalue weighted by molar-refractivity contribution is 7.58. The Morgan fingerprint density at radius 1 is 1.16 bits per heavy atom. The van der Waals surface area contributed by atoms with E-state index < -0.39 is 7.60 Å². The minimum absolute atomic E-state index is 0.0236. The molecular weight excluding hydrogens is 267 g/mol. The summed E-state index contributed by atoms with van der Waals surface area (Å²) in [5.41, 5.74) is 0.0535. The quantitative estimate of drug-likeness (QED) is 0.528. The van der Waals surface area contributed by atoms with Crippen molar-refractivity contribution in [1.82, 2.24) is 0 Å². The van der Waals surface area contributed by atoms with Gasteiger partial charge in [-0.2, -0.15) is 0 Å². The number of rotatable bonds is 7. The Hall–Kier alpha value is -0.640. The van der Waals surface area contributed by atoms with Gasteiger partial charge in [0.05, 0.1) is 19.1 Å². The van der Waals surface area contributed by atoms with Crippen molar-refractivity contribution in [2.75, 3.05) is 13.2 Å². The molecular formula is C13H23O5P. The van der Waals surface area contributed by atoms with Crippen LogP contribution < -0.4 is 0 Å². The van der Waals surface area contributed by atoms with E-state index in [4.69, 9.17) is 13.8 Å². The van der Waals surface area contributed by atoms with E-state index in [1.165, 1.54) is 0 Å². The molecule has 0 aliphatic carbocycles. The van der Waals surface area contributed by atoms with Gasteiger partial charge in [-0.3, -0.25) is 9.36 Å². The predicted octanol–water partition coefficient (Wildman–Crippen LogP) is 3.70. The smallest absolute Gasteiger partial charge is 0.396 e. The van der Waals surface area contributed by atoms with Crippen LogP contribution in [0.2, 0.25) is 0 Å². The summed E-state index contributed by atoms with van der Waals surface area (Å²) in [6.45, 7) is 7.86. The van der Waals surface area contributed by atoms with Crippen LogP contribution in [-0.4, -0.2) is 19.2 Å². The minimum atomic E-state index is -3.50. The summed E-state index contributed by atoms with van der Waals surface area (Å²) in [6, 6.07) is 0. The van der Waals surface area contributed by atoms with Crippen molar-refractivity contribution in [3.05, 3.63) is 11.6 Å². The number of hydrogen-bond acceptors (Lipinski definition) is 5. The van der Waals surface area contributed by atoms with Crippen LogP contribution in [-0.2, 0) is 23.1 Å². The fourth-order valence-electron chi connectivity index (χ4n) is 2.21. The third kappa shape index (κ3) is 3.68. The Morgan fingerprint density at radius 2 is 1.74 bits per heavy atom. The Kier molecular flexibility index (Phi) is 6.24. The van der Waals surface area contributed by atoms with Crippen molar-refractivity contribution in [1.29, 1.82) is 0 Å². The fraction of sp³-hybridized carbons (Fsp3) is 0.769. The van der Waals surface area contributed by atoms with E-state index in [-0.39, 0.29) is 36.5 Å². The lowest BCUT2D eigenvalue weighted by Crippen LogP contribution is -2.28. The molecule has 1 aliphatic rings. The van der Waals surface area contributed by atoms with Gasteiger partial charge in [-0.1, -0.05) is 13.8 Å². The molecule has 0 N–H and O–H groups in total. The average molecular weight is 290 g/mol. The summed E-state index contributed by atoms with van der Waals surface area (Å²) in [7, 11) is -3.50. The van der Waals surface area contributed by atoms with Crippen LogP contribution in [0.15, 0.2) is 11.6 Å². The zero-order valence-corrected chi connectivity index (χ0v) is 12.9. The van der Waals surface area contributed by atoms with Crippen LogP contribution >= 0.6 is 7.60 Å². The molecule has 0 aromatic rings. The first-order chi connectivity index (χ1) is 9.02. The highest BCUT2D eigenvalue weighted by Crippen LogP contribution is 2.58. The van der Waals surface area contributed by atoms with Crippen LogP contribution in [0.1, 0.15) is 40.5 Å². The number of ether oxygens (including phenoxy) is 1. The Balaban J connectivity index is 3.07. The summed E-state index contributed by atoms with van der Waals surface area (Å²) in [5, 5.41) is 0. The molecule has 0 saturated carbocycles. The van der Waals surface area contributed by atoms with Gasteiger partial charge in [-0.25, -0.2) is 0 Å². The Morgan fingerprint density at radius 3 is 2.16 bits per heavy atom. The first-order valence-electron chi connectivity index (χ1n) is 6.85. The molecule has 1 rings (SSSR count). The highest BCUT2D eigenvalue weighted by Gasteiger charge is 2.40. The number of allylic oxidation sites excluding steroid dienone is 1. The van der Waals surface area contributed by atoms with Crippen molar-refractivity contribution >= 4 is 13.6 Å². The predicted molar refractivity (Wildman–Crippen MR) is 72.6 cm³/mol. The molecule has 0 unspecified atom stereocenters. The minimum Gasteiger partial charge on any atom is -0.418 e. The number of carbonyl (C=O) groups excluding carboxylic acids is 1. The third-order valence-corrected chi connectivity index (χ3v) is 5.14. The zero-order chi connectivity index (χ0) is 14.5. The van der Waals surface area contributed by atoms with E-state index in [1.807, 2.05) is 13.8 Å². The van der Waals surface area contributed by atoms with Gasteiger partial charge in [0, 0.05) is 0 Å². The third-order valence-electron chi connectivity index (χ3n) is 3.16. The molecule has 0 radical (unpaired) electrons. The molecule has 0 amide bonds. The van der Waals surface area contributed by atoms with Gasteiger partial charge in [0.15, 0.2) is 0 Å². The largest absolute Gasteiger partial charge is 0.418 e. The molecule has 0 aromatic heterocycles. The summed E-state index contributed by atoms with van der Waals surface area (Å²) in [5.74, 6) is -0.493. The molecule has 0 spiro atoms. The van der Waals surface area contributed by atoms with Gasteiger partial charge in [0.1, 0.15) is 0 Å². The highest BCUT2D eigenvalue weighted by atomic mass is 31.2. The first-order valence-corrected chi connectivity index (χ1v) is 8.39. The fourth-order valence-corrected chi connectivity index (χ4v) is 3.79. The normalized spacial score (nSPS) is 24.0. The molecule has 1 heterocycles. The van der Waals surface area contributed by atoms with Gasteiger partial charge in [0.25, 0.3) is 0 Å². The van der Waals surface area contributed by atoms with Crippen LogP contribution in [0.25, 0.3) is 0 Å². The van der Waals surface area contributed by atoms with Crippen molar-refractivity contribution in [3.8, 4) is 0 Å². The van der Waals surface area contributed by atoms with Crippen molar-refractivity contribution in [2.45, 2.75) is 40.5 Å². The van der Waals surface area contributed by atoms with E-state index in [9.17, 15) is 9.36 Å². The number of hydrogen-bond donors (Lipinski definition) is 0. The molecule has 1 aliphatic heterocycles. The summed E-state index contributed by atoms with van der Waals surface area (Å²) < 4.78 is 28.2. The lowest BCUT2D eigenvalue weighted by Gasteiger charge is -2.29. The molecule has 0 fully saturated rings. The lowest BCUT2D eigenvalue weighted by molar-refractivity contribution is -0.146. The van der Waals surface area contributed by atoms with Gasteiger partial charge >= 0.3 is 13.6 Å². The summed E-state index contributed by atoms with van der Waals surface area (Å²) in [6.07, 6.45) is 3.23. The molecule has 19 heavy (non-hydrogen) atoms. The maximum absolute atomic E-state index is 12.6. The van der Waals surface area contributed by atoms with Crippen LogP contribution in [0, 0.1) is 11.8 Å². The van der Waals surface area contributed by atoms with E-state index in [2.05, 4.69) is 0 Å².